The van der Waals surface area contributed by atoms with Gasteiger partial charge in [-0.15, -0.1) is 0 Å². The molecule has 2 aromatic carbocycles. The summed E-state index contributed by atoms with van der Waals surface area (Å²) in [5.74, 6) is 1.10. The van der Waals surface area contributed by atoms with Crippen LogP contribution in [0.25, 0.3) is 0 Å². The molecule has 0 bridgehead atoms. The van der Waals surface area contributed by atoms with Gasteiger partial charge >= 0.3 is 6.18 Å². The van der Waals surface area contributed by atoms with Crippen LogP contribution in [0.1, 0.15) is 36.4 Å². The second-order valence-electron chi connectivity index (χ2n) is 7.51. The van der Waals surface area contributed by atoms with E-state index in [1.807, 2.05) is 23.1 Å². The lowest BCUT2D eigenvalue weighted by Crippen LogP contribution is -2.33. The van der Waals surface area contributed by atoms with Crippen molar-refractivity contribution in [2.45, 2.75) is 31.5 Å². The van der Waals surface area contributed by atoms with Gasteiger partial charge in [0.25, 0.3) is 0 Å². The molecule has 0 aromatic heterocycles. The second kappa shape index (κ2) is 8.55. The molecule has 5 nitrogen and oxygen atoms in total. The van der Waals surface area contributed by atoms with Gasteiger partial charge in [-0.05, 0) is 55.3 Å². The summed E-state index contributed by atoms with van der Waals surface area (Å²) in [7, 11) is 0. The van der Waals surface area contributed by atoms with Crippen LogP contribution >= 0.6 is 0 Å². The zero-order valence-electron chi connectivity index (χ0n) is 16.4. The quantitative estimate of drug-likeness (QED) is 0.783. The van der Waals surface area contributed by atoms with E-state index in [0.29, 0.717) is 19.0 Å². The summed E-state index contributed by atoms with van der Waals surface area (Å²) in [4.78, 5) is 14.5. The fourth-order valence-corrected chi connectivity index (χ4v) is 3.94. The van der Waals surface area contributed by atoms with Crippen LogP contribution in [0, 0.1) is 0 Å². The summed E-state index contributed by atoms with van der Waals surface area (Å²) in [6.07, 6.45) is -1.78. The van der Waals surface area contributed by atoms with Crippen LogP contribution in [0.3, 0.4) is 0 Å². The molecule has 1 fully saturated rings. The molecule has 1 atom stereocenters. The lowest BCUT2D eigenvalue weighted by molar-refractivity contribution is -0.137. The Morgan fingerprint density at radius 2 is 1.87 bits per heavy atom. The maximum atomic E-state index is 12.9. The molecule has 0 spiro atoms. The van der Waals surface area contributed by atoms with Crippen molar-refractivity contribution in [3.05, 3.63) is 53.6 Å². The zero-order valence-corrected chi connectivity index (χ0v) is 16.4. The number of fused-ring (bicyclic) bond motifs is 1. The number of nitrogens with one attached hydrogen (secondary N) is 1. The molecule has 30 heavy (non-hydrogen) atoms. The van der Waals surface area contributed by atoms with Crippen molar-refractivity contribution >= 4 is 11.6 Å². The summed E-state index contributed by atoms with van der Waals surface area (Å²) in [6, 6.07) is 10.6. The largest absolute Gasteiger partial charge is 0.490 e. The maximum absolute atomic E-state index is 12.9. The fraction of sp³-hybridized carbons (Fsp3) is 0.409. The van der Waals surface area contributed by atoms with Crippen LogP contribution in [0.5, 0.6) is 11.5 Å². The number of ether oxygens (including phenoxy) is 2. The highest BCUT2D eigenvalue weighted by Gasteiger charge is 2.31. The lowest BCUT2D eigenvalue weighted by Gasteiger charge is -2.25. The van der Waals surface area contributed by atoms with E-state index < -0.39 is 11.7 Å². The van der Waals surface area contributed by atoms with Crippen molar-refractivity contribution in [1.29, 1.82) is 0 Å². The predicted molar refractivity (Wildman–Crippen MR) is 106 cm³/mol. The predicted octanol–water partition coefficient (Wildman–Crippen LogP) is 4.64. The summed E-state index contributed by atoms with van der Waals surface area (Å²) in [5.41, 5.74) is 0.399. The minimum atomic E-state index is -4.45. The molecular weight excluding hydrogens is 397 g/mol. The Kier molecular flexibility index (Phi) is 5.85. The number of anilines is 1. The average molecular weight is 420 g/mol. The summed E-state index contributed by atoms with van der Waals surface area (Å²) in [5, 5.41) is 2.59. The number of rotatable bonds is 4. The molecule has 1 saturated heterocycles. The Bertz CT molecular complexity index is 917. The summed E-state index contributed by atoms with van der Waals surface area (Å²) < 4.78 is 50.1. The van der Waals surface area contributed by atoms with Gasteiger partial charge in [-0.2, -0.15) is 13.2 Å². The Morgan fingerprint density at radius 3 is 2.67 bits per heavy atom. The van der Waals surface area contributed by atoms with E-state index in [4.69, 9.17) is 9.47 Å². The van der Waals surface area contributed by atoms with Gasteiger partial charge in [0, 0.05) is 18.2 Å². The molecule has 0 aliphatic carbocycles. The molecule has 1 amide bonds. The maximum Gasteiger partial charge on any atom is 0.416 e. The first-order chi connectivity index (χ1) is 14.4. The van der Waals surface area contributed by atoms with Gasteiger partial charge in [-0.1, -0.05) is 12.1 Å². The molecule has 2 aliphatic rings. The Balaban J connectivity index is 1.43. The van der Waals surface area contributed by atoms with Crippen LogP contribution in [-0.4, -0.2) is 37.1 Å². The van der Waals surface area contributed by atoms with Crippen molar-refractivity contribution in [2.75, 3.05) is 31.6 Å². The van der Waals surface area contributed by atoms with E-state index in [9.17, 15) is 18.0 Å². The van der Waals surface area contributed by atoms with E-state index in [0.717, 1.165) is 49.3 Å². The van der Waals surface area contributed by atoms with E-state index in [1.54, 1.807) is 0 Å². The number of carbonyl (C=O) groups is 1. The monoisotopic (exact) mass is 420 g/mol. The van der Waals surface area contributed by atoms with Gasteiger partial charge in [-0.3, -0.25) is 9.69 Å². The molecular formula is C22H23F3N2O3. The number of nitrogens with zero attached hydrogens (tertiary/aromatic N) is 1. The molecule has 0 radical (unpaired) electrons. The number of hydrogen-bond donors (Lipinski definition) is 1. The highest BCUT2D eigenvalue weighted by atomic mass is 19.4. The first-order valence-corrected chi connectivity index (χ1v) is 10.0. The number of hydrogen-bond acceptors (Lipinski definition) is 4. The van der Waals surface area contributed by atoms with Crippen molar-refractivity contribution in [3.8, 4) is 11.5 Å². The van der Waals surface area contributed by atoms with Crippen LogP contribution in [0.15, 0.2) is 42.5 Å². The third-order valence-electron chi connectivity index (χ3n) is 5.34. The molecule has 2 aliphatic heterocycles. The molecule has 1 N–H and O–H groups in total. The minimum absolute atomic E-state index is 0.0504. The van der Waals surface area contributed by atoms with Gasteiger partial charge in [0.2, 0.25) is 5.91 Å². The molecule has 1 unspecified atom stereocenters. The number of benzene rings is 2. The summed E-state index contributed by atoms with van der Waals surface area (Å²) >= 11 is 0. The normalized spacial score (nSPS) is 19.4. The number of carbonyl (C=O) groups excluding carboxylic acids is 1. The second-order valence-corrected chi connectivity index (χ2v) is 7.51. The molecule has 160 valence electrons. The Morgan fingerprint density at radius 1 is 1.07 bits per heavy atom. The Hall–Kier alpha value is -2.74. The lowest BCUT2D eigenvalue weighted by atomic mass is 10.0. The number of alkyl halides is 3. The topological polar surface area (TPSA) is 50.8 Å². The van der Waals surface area contributed by atoms with Crippen molar-refractivity contribution < 1.29 is 27.4 Å². The number of likely N-dealkylation sites (tertiary alicyclic amines) is 1. The number of halogens is 3. The molecule has 8 heteroatoms. The van der Waals surface area contributed by atoms with Crippen LogP contribution in [-0.2, 0) is 11.0 Å². The Labute approximate surface area is 172 Å². The molecule has 0 saturated carbocycles. The molecule has 4 rings (SSSR count). The molecule has 2 aromatic rings. The van der Waals surface area contributed by atoms with Gasteiger partial charge < -0.3 is 14.8 Å². The average Bonchev–Trinajstić information content (AvgIpc) is 3.02. The smallest absolute Gasteiger partial charge is 0.416 e. The van der Waals surface area contributed by atoms with Crippen LogP contribution in [0.4, 0.5) is 18.9 Å². The minimum Gasteiger partial charge on any atom is -0.490 e. The zero-order chi connectivity index (χ0) is 21.1. The highest BCUT2D eigenvalue weighted by Crippen LogP contribution is 2.38. The summed E-state index contributed by atoms with van der Waals surface area (Å²) in [6.45, 7) is 2.08. The number of amides is 1. The van der Waals surface area contributed by atoms with E-state index >= 15 is 0 Å². The fourth-order valence-electron chi connectivity index (χ4n) is 3.94. The van der Waals surface area contributed by atoms with E-state index in [2.05, 4.69) is 5.32 Å². The highest BCUT2D eigenvalue weighted by molar-refractivity contribution is 5.92. The van der Waals surface area contributed by atoms with Gasteiger partial charge in [0.15, 0.2) is 11.5 Å². The third kappa shape index (κ3) is 4.70. The SMILES string of the molecule is O=C(CN1CCCC1c1ccc2c(c1)OCCCO2)Nc1cccc(C(F)(F)F)c1. The van der Waals surface area contributed by atoms with Crippen molar-refractivity contribution in [3.63, 3.8) is 0 Å². The van der Waals surface area contributed by atoms with E-state index in [1.165, 1.54) is 12.1 Å². The van der Waals surface area contributed by atoms with Crippen LogP contribution in [0.2, 0.25) is 0 Å². The van der Waals surface area contributed by atoms with E-state index in [-0.39, 0.29) is 24.2 Å². The van der Waals surface area contributed by atoms with Gasteiger partial charge in [0.05, 0.1) is 25.3 Å². The van der Waals surface area contributed by atoms with Crippen molar-refractivity contribution in [1.82, 2.24) is 4.90 Å². The van der Waals surface area contributed by atoms with Crippen LogP contribution < -0.4 is 14.8 Å². The molecule has 2 heterocycles. The third-order valence-corrected chi connectivity index (χ3v) is 5.34. The standard InChI is InChI=1S/C22H23F3N2O3/c23-22(24,25)16-4-1-5-17(13-16)26-21(28)14-27-9-2-6-18(27)15-7-8-19-20(12-15)30-11-3-10-29-19/h1,4-5,7-8,12-13,18H,2-3,6,9-11,14H2,(H,26,28). The first kappa shape index (κ1) is 20.5. The first-order valence-electron chi connectivity index (χ1n) is 10.0. The van der Waals surface area contributed by atoms with Gasteiger partial charge in [0.1, 0.15) is 0 Å². The van der Waals surface area contributed by atoms with Crippen molar-refractivity contribution in [2.24, 2.45) is 0 Å². The van der Waals surface area contributed by atoms with Gasteiger partial charge in [-0.25, -0.2) is 0 Å².